The van der Waals surface area contributed by atoms with E-state index in [9.17, 15) is 15.2 Å². The smallest absolute Gasteiger partial charge is 0.280 e. The highest BCUT2D eigenvalue weighted by Gasteiger charge is 2.23. The third-order valence-electron chi connectivity index (χ3n) is 6.77. The monoisotopic (exact) mass is 492 g/mol. The van der Waals surface area contributed by atoms with E-state index in [-0.39, 0.29) is 23.9 Å². The van der Waals surface area contributed by atoms with Crippen LogP contribution in [0.25, 0.3) is 11.1 Å². The van der Waals surface area contributed by atoms with Gasteiger partial charge in [-0.2, -0.15) is 10.2 Å². The molecule has 0 amide bonds. The normalized spacial score (nSPS) is 11.7. The van der Waals surface area contributed by atoms with Crippen LogP contribution < -0.4 is 5.56 Å². The van der Waals surface area contributed by atoms with Crippen molar-refractivity contribution in [3.8, 4) is 23.1 Å². The third-order valence-corrected chi connectivity index (χ3v) is 6.77. The molecule has 0 saturated carbocycles. The maximum atomic E-state index is 13.1. The highest BCUT2D eigenvalue weighted by atomic mass is 16.3. The molecule has 1 unspecified atom stereocenters. The molecule has 0 radical (unpaired) electrons. The number of benzene rings is 2. The number of hydrogen-bond acceptors (Lipinski definition) is 5. The summed E-state index contributed by atoms with van der Waals surface area (Å²) in [5.41, 5.74) is 5.32. The Morgan fingerprint density at radius 2 is 1.86 bits per heavy atom. The first kappa shape index (κ1) is 25.8. The fourth-order valence-electron chi connectivity index (χ4n) is 4.77. The molecule has 0 aliphatic heterocycles. The van der Waals surface area contributed by atoms with Crippen molar-refractivity contribution in [1.29, 1.82) is 5.26 Å². The number of pyridine rings is 1. The molecule has 0 bridgehead atoms. The molecule has 1 atom stereocenters. The number of aromatic hydroxyl groups is 1. The van der Waals surface area contributed by atoms with E-state index in [0.29, 0.717) is 24.2 Å². The summed E-state index contributed by atoms with van der Waals surface area (Å²) < 4.78 is 1.80. The van der Waals surface area contributed by atoms with E-state index in [4.69, 9.17) is 0 Å². The molecule has 0 aliphatic rings. The fourth-order valence-corrected chi connectivity index (χ4v) is 4.77. The molecule has 1 N–H and O–H groups in total. The molecule has 188 valence electrons. The van der Waals surface area contributed by atoms with Crippen LogP contribution in [0.2, 0.25) is 0 Å². The molecule has 6 heteroatoms. The lowest BCUT2D eigenvalue weighted by Gasteiger charge is -2.25. The second kappa shape index (κ2) is 11.7. The first-order valence-corrected chi connectivity index (χ1v) is 12.8. The van der Waals surface area contributed by atoms with Crippen LogP contribution in [0.4, 0.5) is 0 Å². The van der Waals surface area contributed by atoms with Gasteiger partial charge in [0.25, 0.3) is 5.56 Å². The van der Waals surface area contributed by atoms with Crippen LogP contribution in [0.3, 0.4) is 0 Å². The number of hydrogen-bond donors (Lipinski definition) is 1. The van der Waals surface area contributed by atoms with E-state index in [0.717, 1.165) is 40.8 Å². The summed E-state index contributed by atoms with van der Waals surface area (Å²) in [6.45, 7) is 6.09. The number of aromatic nitrogens is 3. The summed E-state index contributed by atoms with van der Waals surface area (Å²) in [5.74, 6) is 0.525. The summed E-state index contributed by atoms with van der Waals surface area (Å²) in [5, 5.41) is 20.9. The van der Waals surface area contributed by atoms with Gasteiger partial charge < -0.3 is 5.11 Å². The lowest BCUT2D eigenvalue weighted by molar-refractivity contribution is 0.368. The van der Waals surface area contributed by atoms with Gasteiger partial charge in [0.15, 0.2) is 0 Å². The van der Waals surface area contributed by atoms with E-state index in [1.165, 1.54) is 0 Å². The van der Waals surface area contributed by atoms with Crippen molar-refractivity contribution < 1.29 is 5.11 Å². The average molecular weight is 493 g/mol. The summed E-state index contributed by atoms with van der Waals surface area (Å²) >= 11 is 0. The zero-order valence-electron chi connectivity index (χ0n) is 21.6. The van der Waals surface area contributed by atoms with Crippen LogP contribution in [0, 0.1) is 18.3 Å². The van der Waals surface area contributed by atoms with Crippen molar-refractivity contribution >= 4 is 0 Å². The van der Waals surface area contributed by atoms with Crippen molar-refractivity contribution in [2.75, 3.05) is 0 Å². The minimum atomic E-state index is -0.396. The first-order valence-electron chi connectivity index (χ1n) is 12.8. The molecule has 0 fully saturated rings. The van der Waals surface area contributed by atoms with E-state index in [1.807, 2.05) is 68.4 Å². The van der Waals surface area contributed by atoms with Gasteiger partial charge in [-0.25, -0.2) is 0 Å². The Hall–Kier alpha value is -4.24. The molecule has 2 heterocycles. The molecule has 2 aromatic heterocycles. The van der Waals surface area contributed by atoms with Gasteiger partial charge in [0.05, 0.1) is 23.2 Å². The molecule has 0 spiro atoms. The van der Waals surface area contributed by atoms with Gasteiger partial charge >= 0.3 is 0 Å². The minimum absolute atomic E-state index is 0.0486. The quantitative estimate of drug-likeness (QED) is 0.304. The highest BCUT2D eigenvalue weighted by molar-refractivity contribution is 5.65. The number of rotatable bonds is 9. The second-order valence-corrected chi connectivity index (χ2v) is 9.28. The molecule has 0 aliphatic carbocycles. The van der Waals surface area contributed by atoms with Gasteiger partial charge in [0.2, 0.25) is 5.88 Å². The van der Waals surface area contributed by atoms with Crippen molar-refractivity contribution in [2.45, 2.75) is 58.9 Å². The predicted molar refractivity (Wildman–Crippen MR) is 146 cm³/mol. The maximum Gasteiger partial charge on any atom is 0.280 e. The lowest BCUT2D eigenvalue weighted by atomic mass is 9.99. The maximum absolute atomic E-state index is 13.1. The fraction of sp³-hybridized carbons (Fsp3) is 0.290. The van der Waals surface area contributed by atoms with E-state index in [2.05, 4.69) is 23.0 Å². The van der Waals surface area contributed by atoms with Crippen LogP contribution in [-0.2, 0) is 12.8 Å². The van der Waals surface area contributed by atoms with E-state index < -0.39 is 5.56 Å². The van der Waals surface area contributed by atoms with Gasteiger partial charge in [0, 0.05) is 30.3 Å². The minimum Gasteiger partial charge on any atom is -0.494 e. The number of nitrogens with zero attached hydrogens (tertiary/aromatic N) is 4. The summed E-state index contributed by atoms with van der Waals surface area (Å²) in [7, 11) is 0. The van der Waals surface area contributed by atoms with Crippen LogP contribution in [0.1, 0.15) is 72.9 Å². The zero-order chi connectivity index (χ0) is 26.4. The predicted octanol–water partition coefficient (Wildman–Crippen LogP) is 6.12. The van der Waals surface area contributed by atoms with Gasteiger partial charge in [0.1, 0.15) is 5.82 Å². The van der Waals surface area contributed by atoms with Crippen LogP contribution in [0.5, 0.6) is 5.88 Å². The van der Waals surface area contributed by atoms with Crippen LogP contribution in [-0.4, -0.2) is 19.6 Å². The number of aryl methyl sites for hydroxylation is 2. The van der Waals surface area contributed by atoms with E-state index >= 15 is 0 Å². The standard InChI is InChI=1S/C31H32N4O2/c1-4-6-12-29-34-30(36)27(19-22-13-15-24(16-14-22)26-11-8-17-33-21(26)3)31(37)35(29)28(5-2)25-10-7-9-23(18-25)20-32/h7-11,13-18,28,37H,4-6,12,19H2,1-3H3. The highest BCUT2D eigenvalue weighted by Crippen LogP contribution is 2.31. The molecular formula is C31H32N4O2. The molecule has 4 rings (SSSR count). The lowest BCUT2D eigenvalue weighted by Crippen LogP contribution is -2.25. The first-order chi connectivity index (χ1) is 18.0. The topological polar surface area (TPSA) is 91.8 Å². The Morgan fingerprint density at radius 1 is 1.08 bits per heavy atom. The van der Waals surface area contributed by atoms with Crippen molar-refractivity contribution in [2.24, 2.45) is 0 Å². The molecule has 2 aromatic carbocycles. The number of unbranched alkanes of at least 4 members (excludes halogenated alkanes) is 1. The molecular weight excluding hydrogens is 460 g/mol. The number of nitriles is 1. The Morgan fingerprint density at radius 3 is 2.54 bits per heavy atom. The van der Waals surface area contributed by atoms with E-state index in [1.54, 1.807) is 16.8 Å². The third kappa shape index (κ3) is 5.62. The van der Waals surface area contributed by atoms with Gasteiger partial charge in [-0.15, -0.1) is 0 Å². The van der Waals surface area contributed by atoms with Crippen molar-refractivity contribution in [3.63, 3.8) is 0 Å². The summed E-state index contributed by atoms with van der Waals surface area (Å²) in [6.07, 6.45) is 5.11. The Labute approximate surface area is 217 Å². The summed E-state index contributed by atoms with van der Waals surface area (Å²) in [4.78, 5) is 21.9. The van der Waals surface area contributed by atoms with Gasteiger partial charge in [-0.1, -0.05) is 62.7 Å². The molecule has 4 aromatic rings. The largest absolute Gasteiger partial charge is 0.494 e. The SMILES string of the molecule is CCCCc1nc(=O)c(Cc2ccc(-c3cccnc3C)cc2)c(O)n1C(CC)c1cccc(C#N)c1. The second-order valence-electron chi connectivity index (χ2n) is 9.28. The molecule has 0 saturated heterocycles. The zero-order valence-corrected chi connectivity index (χ0v) is 21.6. The van der Waals surface area contributed by atoms with Gasteiger partial charge in [-0.05, 0) is 54.7 Å². The Bertz CT molecular complexity index is 1480. The molecule has 37 heavy (non-hydrogen) atoms. The Balaban J connectivity index is 1.76. The van der Waals surface area contributed by atoms with Crippen LogP contribution >= 0.6 is 0 Å². The van der Waals surface area contributed by atoms with Crippen LogP contribution in [0.15, 0.2) is 71.7 Å². The van der Waals surface area contributed by atoms with Crippen molar-refractivity contribution in [3.05, 3.63) is 111 Å². The summed E-state index contributed by atoms with van der Waals surface area (Å²) in [6, 6.07) is 21.3. The van der Waals surface area contributed by atoms with Gasteiger partial charge in [-0.3, -0.25) is 14.3 Å². The molecule has 6 nitrogen and oxygen atoms in total. The Kier molecular flexibility index (Phi) is 8.15. The van der Waals surface area contributed by atoms with Crippen molar-refractivity contribution in [1.82, 2.24) is 14.5 Å². The average Bonchev–Trinajstić information content (AvgIpc) is 2.92.